The summed E-state index contributed by atoms with van der Waals surface area (Å²) in [5, 5.41) is -0.996. The third kappa shape index (κ3) is 2.99. The normalized spacial score (nSPS) is 21.5. The molecule has 0 aromatic carbocycles. The molecule has 1 aliphatic rings. The van der Waals surface area contributed by atoms with Gasteiger partial charge in [0.1, 0.15) is 6.10 Å². The third-order valence-corrected chi connectivity index (χ3v) is 4.15. The molecular formula is C9H8F3NO2S2. The van der Waals surface area contributed by atoms with Crippen LogP contribution in [0.1, 0.15) is 14.7 Å². The molecule has 0 bridgehead atoms. The van der Waals surface area contributed by atoms with E-state index < -0.39 is 23.1 Å². The molecule has 0 amide bonds. The number of Topliss-reactive ketones (excluding diaryl/α,β-unsaturated/α-hetero) is 1. The highest BCUT2D eigenvalue weighted by molar-refractivity contribution is 7.99. The molecule has 0 aliphatic carbocycles. The first-order valence-electron chi connectivity index (χ1n) is 4.75. The number of ketones is 1. The van der Waals surface area contributed by atoms with Crippen molar-refractivity contribution in [1.29, 1.82) is 0 Å². The van der Waals surface area contributed by atoms with Gasteiger partial charge in [-0.2, -0.15) is 24.9 Å². The van der Waals surface area contributed by atoms with Crippen molar-refractivity contribution in [1.82, 2.24) is 4.98 Å². The molecule has 0 saturated carbocycles. The number of aromatic nitrogens is 1. The minimum absolute atomic E-state index is 0.00447. The van der Waals surface area contributed by atoms with Crippen molar-refractivity contribution in [2.24, 2.45) is 0 Å². The van der Waals surface area contributed by atoms with Gasteiger partial charge in [0.25, 0.3) is 0 Å². The molecule has 2 rings (SSSR count). The van der Waals surface area contributed by atoms with Crippen LogP contribution in [0.25, 0.3) is 0 Å². The second-order valence-electron chi connectivity index (χ2n) is 3.33. The summed E-state index contributed by atoms with van der Waals surface area (Å²) in [4.78, 5) is 15.0. The number of alkyl halides is 3. The summed E-state index contributed by atoms with van der Waals surface area (Å²) in [5.41, 5.74) is 0. The molecule has 1 fully saturated rings. The zero-order valence-electron chi connectivity index (χ0n) is 8.49. The van der Waals surface area contributed by atoms with Gasteiger partial charge in [0.15, 0.2) is 5.01 Å². The first-order valence-corrected chi connectivity index (χ1v) is 6.72. The number of carbonyl (C=O) groups is 1. The smallest absolute Gasteiger partial charge is 0.368 e. The number of ether oxygens (including phenoxy) is 1. The van der Waals surface area contributed by atoms with Gasteiger partial charge in [-0.1, -0.05) is 0 Å². The Hall–Kier alpha value is -0.600. The number of carbonyl (C=O) groups excluding carboxylic acids is 1. The molecule has 0 radical (unpaired) electrons. The molecule has 17 heavy (non-hydrogen) atoms. The largest absolute Gasteiger partial charge is 0.443 e. The van der Waals surface area contributed by atoms with Crippen LogP contribution in [0.3, 0.4) is 0 Å². The number of thioether (sulfide) groups is 1. The Morgan fingerprint density at radius 1 is 1.53 bits per heavy atom. The van der Waals surface area contributed by atoms with Crippen molar-refractivity contribution in [2.45, 2.75) is 12.3 Å². The second-order valence-corrected chi connectivity index (χ2v) is 5.51. The Balaban J connectivity index is 2.11. The van der Waals surface area contributed by atoms with Crippen LogP contribution in [0.4, 0.5) is 13.2 Å². The van der Waals surface area contributed by atoms with Gasteiger partial charge in [0.2, 0.25) is 5.78 Å². The van der Waals surface area contributed by atoms with Crippen molar-refractivity contribution in [3.8, 4) is 0 Å². The van der Waals surface area contributed by atoms with Crippen LogP contribution in [0.15, 0.2) is 6.20 Å². The van der Waals surface area contributed by atoms with E-state index in [2.05, 4.69) is 4.98 Å². The summed E-state index contributed by atoms with van der Waals surface area (Å²) < 4.78 is 42.1. The van der Waals surface area contributed by atoms with Crippen LogP contribution in [0.2, 0.25) is 0 Å². The lowest BCUT2D eigenvalue weighted by Gasteiger charge is -2.20. The predicted molar refractivity (Wildman–Crippen MR) is 58.5 cm³/mol. The summed E-state index contributed by atoms with van der Waals surface area (Å²) in [5.74, 6) is 0.878. The molecule has 3 nitrogen and oxygen atoms in total. The van der Waals surface area contributed by atoms with Gasteiger partial charge in [0, 0.05) is 17.7 Å². The highest BCUT2D eigenvalue weighted by Gasteiger charge is 2.36. The average Bonchev–Trinajstić information content (AvgIpc) is 2.78. The Kier molecular flexibility index (Phi) is 3.74. The average molecular weight is 283 g/mol. The van der Waals surface area contributed by atoms with E-state index in [9.17, 15) is 18.0 Å². The lowest BCUT2D eigenvalue weighted by Crippen LogP contribution is -2.31. The van der Waals surface area contributed by atoms with E-state index in [1.807, 2.05) is 0 Å². The van der Waals surface area contributed by atoms with Crippen LogP contribution in [-0.2, 0) is 10.9 Å². The van der Waals surface area contributed by atoms with E-state index in [1.165, 1.54) is 0 Å². The monoisotopic (exact) mass is 283 g/mol. The maximum atomic E-state index is 12.3. The molecule has 1 aromatic rings. The van der Waals surface area contributed by atoms with Gasteiger partial charge in [0.05, 0.1) is 11.5 Å². The van der Waals surface area contributed by atoms with E-state index in [-0.39, 0.29) is 4.88 Å². The first kappa shape index (κ1) is 12.8. The molecule has 0 spiro atoms. The number of rotatable bonds is 2. The standard InChI is InChI=1S/C9H8F3NO2S2/c10-9(11,12)8-13-3-6(17-8)7(14)5-4-16-2-1-15-5/h3,5H,1-2,4H2. The molecule has 1 aromatic heterocycles. The van der Waals surface area contributed by atoms with Crippen molar-refractivity contribution in [3.63, 3.8) is 0 Å². The molecule has 1 saturated heterocycles. The highest BCUT2D eigenvalue weighted by Crippen LogP contribution is 2.33. The number of hydrogen-bond acceptors (Lipinski definition) is 5. The van der Waals surface area contributed by atoms with E-state index in [1.54, 1.807) is 11.8 Å². The first-order chi connectivity index (χ1) is 7.98. The summed E-state index contributed by atoms with van der Waals surface area (Å²) in [7, 11) is 0. The number of hydrogen-bond donors (Lipinski definition) is 0. The number of nitrogens with zero attached hydrogens (tertiary/aromatic N) is 1. The van der Waals surface area contributed by atoms with Crippen molar-refractivity contribution in [2.75, 3.05) is 18.1 Å². The van der Waals surface area contributed by atoms with Crippen LogP contribution < -0.4 is 0 Å². The lowest BCUT2D eigenvalue weighted by molar-refractivity contribution is -0.137. The molecule has 1 atom stereocenters. The van der Waals surface area contributed by atoms with E-state index in [0.717, 1.165) is 11.9 Å². The summed E-state index contributed by atoms with van der Waals surface area (Å²) in [6.07, 6.45) is -4.17. The molecule has 0 N–H and O–H groups in total. The Morgan fingerprint density at radius 3 is 2.82 bits per heavy atom. The number of thiazole rings is 1. The van der Waals surface area contributed by atoms with Crippen LogP contribution in [-0.4, -0.2) is 35.0 Å². The fourth-order valence-electron chi connectivity index (χ4n) is 1.32. The SMILES string of the molecule is O=C(c1cnc(C(F)(F)F)s1)C1CSCCO1. The van der Waals surface area contributed by atoms with Gasteiger partial charge in [-0.15, -0.1) is 11.3 Å². The molecule has 8 heteroatoms. The molecule has 2 heterocycles. The maximum absolute atomic E-state index is 12.3. The second kappa shape index (κ2) is 4.95. The van der Waals surface area contributed by atoms with Crippen LogP contribution >= 0.6 is 23.1 Å². The summed E-state index contributed by atoms with van der Waals surface area (Å²) >= 11 is 1.92. The Bertz CT molecular complexity index is 413. The molecule has 94 valence electrons. The van der Waals surface area contributed by atoms with Gasteiger partial charge < -0.3 is 4.74 Å². The van der Waals surface area contributed by atoms with E-state index >= 15 is 0 Å². The highest BCUT2D eigenvalue weighted by atomic mass is 32.2. The summed E-state index contributed by atoms with van der Waals surface area (Å²) in [6, 6.07) is 0. The molecule has 1 unspecified atom stereocenters. The fraction of sp³-hybridized carbons (Fsp3) is 0.556. The number of halogens is 3. The van der Waals surface area contributed by atoms with Crippen molar-refractivity contribution >= 4 is 28.9 Å². The van der Waals surface area contributed by atoms with Crippen LogP contribution in [0.5, 0.6) is 0 Å². The Labute approximate surface area is 103 Å². The molecule has 1 aliphatic heterocycles. The van der Waals surface area contributed by atoms with Gasteiger partial charge >= 0.3 is 6.18 Å². The minimum atomic E-state index is -4.49. The fourth-order valence-corrected chi connectivity index (χ4v) is 2.93. The predicted octanol–water partition coefficient (Wildman–Crippen LogP) is 2.48. The van der Waals surface area contributed by atoms with Crippen LogP contribution in [0, 0.1) is 0 Å². The van der Waals surface area contributed by atoms with E-state index in [4.69, 9.17) is 4.74 Å². The third-order valence-electron chi connectivity index (χ3n) is 2.10. The molecular weight excluding hydrogens is 275 g/mol. The quantitative estimate of drug-likeness (QED) is 0.782. The lowest BCUT2D eigenvalue weighted by atomic mass is 10.2. The van der Waals surface area contributed by atoms with Gasteiger partial charge in [-0.05, 0) is 0 Å². The van der Waals surface area contributed by atoms with Crippen molar-refractivity contribution in [3.05, 3.63) is 16.1 Å². The van der Waals surface area contributed by atoms with Gasteiger partial charge in [-0.3, -0.25) is 4.79 Å². The summed E-state index contributed by atoms with van der Waals surface area (Å²) in [6.45, 7) is 0.450. The zero-order chi connectivity index (χ0) is 12.5. The van der Waals surface area contributed by atoms with E-state index in [0.29, 0.717) is 23.7 Å². The zero-order valence-corrected chi connectivity index (χ0v) is 10.1. The minimum Gasteiger partial charge on any atom is -0.368 e. The Morgan fingerprint density at radius 2 is 2.29 bits per heavy atom. The maximum Gasteiger partial charge on any atom is 0.443 e. The topological polar surface area (TPSA) is 39.2 Å². The van der Waals surface area contributed by atoms with Gasteiger partial charge in [-0.25, -0.2) is 4.98 Å². The van der Waals surface area contributed by atoms with Crippen molar-refractivity contribution < 1.29 is 22.7 Å².